The van der Waals surface area contributed by atoms with Crippen molar-refractivity contribution in [3.8, 4) is 11.8 Å². The normalized spacial score (nSPS) is 46.0. The molecule has 5 fully saturated rings. The van der Waals surface area contributed by atoms with Crippen LogP contribution in [0.2, 0.25) is 0 Å². The second-order valence-electron chi connectivity index (χ2n) is 17.8. The van der Waals surface area contributed by atoms with Gasteiger partial charge >= 0.3 is 5.97 Å². The van der Waals surface area contributed by atoms with Crippen LogP contribution >= 0.6 is 0 Å². The Balaban J connectivity index is 1.25. The molecule has 5 saturated carbocycles. The van der Waals surface area contributed by atoms with Gasteiger partial charge in [-0.05, 0) is 112 Å². The highest BCUT2D eigenvalue weighted by Gasteiger charge is 2.80. The van der Waals surface area contributed by atoms with E-state index in [0.29, 0.717) is 51.4 Å². The van der Waals surface area contributed by atoms with Gasteiger partial charge in [0.2, 0.25) is 0 Å². The number of likely N-dealkylation sites (N-methyl/N-ethyl adjacent to an activating group) is 1. The molecule has 0 unspecified atom stereocenters. The number of aliphatic hydroxyl groups excluding tert-OH is 2. The third-order valence-electron chi connectivity index (χ3n) is 16.0. The van der Waals surface area contributed by atoms with Gasteiger partial charge in [0.25, 0.3) is 0 Å². The Hall–Kier alpha value is -2.58. The van der Waals surface area contributed by atoms with E-state index in [-0.39, 0.29) is 61.6 Å². The van der Waals surface area contributed by atoms with Crippen LogP contribution < -0.4 is 5.32 Å². The molecule has 6 aliphatic carbocycles. The van der Waals surface area contributed by atoms with E-state index < -0.39 is 45.8 Å². The smallest absolute Gasteiger partial charge is 0.331 e. The monoisotopic (exact) mass is 715 g/mol. The molecule has 0 aromatic heterocycles. The van der Waals surface area contributed by atoms with E-state index in [0.717, 1.165) is 54.2 Å². The standard InChI is InChI=1S/C43H57NO8/c1-3-4-5-10-27-21-40(25-46)35-13-15-39-14-7-6-9-26-11-8-12-28(24-45)30(26)19-33(44-2)31-18-29(37(39)32-20-36(48)52-38(31)32)22-43(39,51)42(35,50)17-16-41(40,49)23-34(27)47/h8,11-12,20,25,27,29,31,33-35,37-38,44-45,47,49-51H,3-5,7,10,13-19,21-24H2,1-2H3/t27-,29-,31-,33-,34+,35+,37+,38-,39+,40-,41-,42-,43+/m0/s1. The lowest BCUT2D eigenvalue weighted by molar-refractivity contribution is -0.322. The molecule has 1 heterocycles. The number of hydrogen-bond acceptors (Lipinski definition) is 9. The molecule has 1 spiro atoms. The SMILES string of the molecule is CCCCC[C@H]1C[C@]2(C=O)[C@H]3CC[C@@]45CCC#Cc6cccc(CO)c6C[C@H](NC)[C@@H]6C[C@@H](C[C@]4(O)[C@]3(O)CC[C@]2(O)C[C@H]1O)[C@@H]5C1=CC(=O)O[C@H]16. The number of fused-ring (bicyclic) bond motifs is 8. The van der Waals surface area contributed by atoms with Gasteiger partial charge in [-0.15, -0.1) is 0 Å². The third kappa shape index (κ3) is 4.90. The first-order chi connectivity index (χ1) is 24.9. The molecule has 52 heavy (non-hydrogen) atoms. The number of esters is 1. The van der Waals surface area contributed by atoms with Crippen molar-refractivity contribution >= 4 is 12.3 Å². The number of carbonyl (C=O) groups is 2. The molecular formula is C43H57NO8. The van der Waals surface area contributed by atoms with Crippen molar-refractivity contribution in [2.24, 2.45) is 40.4 Å². The van der Waals surface area contributed by atoms with E-state index in [1.54, 1.807) is 6.08 Å². The van der Waals surface area contributed by atoms with E-state index in [9.17, 15) is 35.1 Å². The first kappa shape index (κ1) is 36.4. The van der Waals surface area contributed by atoms with Crippen LogP contribution in [0.15, 0.2) is 29.8 Å². The van der Waals surface area contributed by atoms with Crippen LogP contribution in [-0.4, -0.2) is 79.9 Å². The first-order valence-corrected chi connectivity index (χ1v) is 20.1. The van der Waals surface area contributed by atoms with Gasteiger partial charge in [-0.3, -0.25) is 0 Å². The van der Waals surface area contributed by atoms with Crippen LogP contribution in [0.1, 0.15) is 114 Å². The van der Waals surface area contributed by atoms with Crippen molar-refractivity contribution in [1.29, 1.82) is 0 Å². The number of rotatable bonds is 7. The number of aliphatic hydroxyl groups is 5. The summed E-state index contributed by atoms with van der Waals surface area (Å²) in [6.45, 7) is 2.03. The van der Waals surface area contributed by atoms with Crippen molar-refractivity contribution < 1.29 is 39.9 Å². The minimum Gasteiger partial charge on any atom is -0.454 e. The molecule has 4 bridgehead atoms. The van der Waals surface area contributed by atoms with Gasteiger partial charge < -0.3 is 40.4 Å². The molecule has 0 saturated heterocycles. The Kier molecular flexibility index (Phi) is 9.12. The predicted molar refractivity (Wildman–Crippen MR) is 193 cm³/mol. The zero-order valence-corrected chi connectivity index (χ0v) is 30.8. The minimum atomic E-state index is -1.67. The molecule has 282 valence electrons. The molecule has 6 N–H and O–H groups in total. The minimum absolute atomic E-state index is 0.0603. The summed E-state index contributed by atoms with van der Waals surface area (Å²) in [5.41, 5.74) is -3.32. The summed E-state index contributed by atoms with van der Waals surface area (Å²) in [5.74, 6) is 5.20. The maximum atomic E-state index is 13.6. The Morgan fingerprint density at radius 3 is 2.65 bits per heavy atom. The topological polar surface area (TPSA) is 157 Å². The van der Waals surface area contributed by atoms with Crippen molar-refractivity contribution in [3.63, 3.8) is 0 Å². The fourth-order valence-corrected chi connectivity index (χ4v) is 13.7. The van der Waals surface area contributed by atoms with Gasteiger partial charge in [0.1, 0.15) is 18.0 Å². The summed E-state index contributed by atoms with van der Waals surface area (Å²) in [5, 5.41) is 64.5. The summed E-state index contributed by atoms with van der Waals surface area (Å²) in [4.78, 5) is 26.8. The van der Waals surface area contributed by atoms with E-state index in [1.807, 2.05) is 25.2 Å². The van der Waals surface area contributed by atoms with Crippen molar-refractivity contribution in [2.45, 2.75) is 145 Å². The highest BCUT2D eigenvalue weighted by atomic mass is 16.5. The lowest BCUT2D eigenvalue weighted by Crippen LogP contribution is -2.78. The van der Waals surface area contributed by atoms with E-state index in [2.05, 4.69) is 24.1 Å². The fourth-order valence-electron chi connectivity index (χ4n) is 13.7. The lowest BCUT2D eigenvalue weighted by Gasteiger charge is -2.69. The molecule has 0 amide bonds. The number of benzene rings is 1. The summed E-state index contributed by atoms with van der Waals surface area (Å²) in [7, 11) is 1.91. The number of unbranched alkanes of at least 4 members (excludes halogenated alkanes) is 2. The van der Waals surface area contributed by atoms with Gasteiger partial charge in [-0.25, -0.2) is 4.79 Å². The molecule has 0 radical (unpaired) electrons. The number of nitrogens with one attached hydrogen (secondary N) is 1. The summed E-state index contributed by atoms with van der Waals surface area (Å²) < 4.78 is 6.16. The average Bonchev–Trinajstić information content (AvgIpc) is 3.64. The van der Waals surface area contributed by atoms with Crippen LogP contribution in [0, 0.1) is 52.3 Å². The van der Waals surface area contributed by atoms with E-state index in [1.165, 1.54) is 0 Å². The highest BCUT2D eigenvalue weighted by Crippen LogP contribution is 2.76. The molecule has 7 aliphatic rings. The number of hydrogen-bond donors (Lipinski definition) is 6. The van der Waals surface area contributed by atoms with Crippen molar-refractivity contribution in [1.82, 2.24) is 5.32 Å². The Bertz CT molecular complexity index is 1700. The average molecular weight is 716 g/mol. The molecular weight excluding hydrogens is 658 g/mol. The quantitative estimate of drug-likeness (QED) is 0.107. The van der Waals surface area contributed by atoms with Crippen LogP contribution in [0.3, 0.4) is 0 Å². The molecule has 9 nitrogen and oxygen atoms in total. The zero-order valence-electron chi connectivity index (χ0n) is 30.8. The highest BCUT2D eigenvalue weighted by molar-refractivity contribution is 5.86. The van der Waals surface area contributed by atoms with Crippen LogP contribution in [0.4, 0.5) is 0 Å². The molecule has 8 rings (SSSR count). The fraction of sp³-hybridized carbons (Fsp3) is 0.721. The Morgan fingerprint density at radius 1 is 1.08 bits per heavy atom. The second-order valence-corrected chi connectivity index (χ2v) is 17.8. The van der Waals surface area contributed by atoms with Crippen molar-refractivity contribution in [3.05, 3.63) is 46.5 Å². The Morgan fingerprint density at radius 2 is 1.90 bits per heavy atom. The van der Waals surface area contributed by atoms with Gasteiger partial charge in [0, 0.05) is 47.8 Å². The molecule has 13 atom stereocenters. The maximum absolute atomic E-state index is 13.6. The van der Waals surface area contributed by atoms with Crippen LogP contribution in [0.25, 0.3) is 0 Å². The van der Waals surface area contributed by atoms with Gasteiger partial charge in [0.05, 0.1) is 29.3 Å². The van der Waals surface area contributed by atoms with Gasteiger partial charge in [-0.1, -0.05) is 50.2 Å². The van der Waals surface area contributed by atoms with Crippen molar-refractivity contribution in [2.75, 3.05) is 7.05 Å². The molecule has 9 heteroatoms. The van der Waals surface area contributed by atoms with Crippen LogP contribution in [-0.2, 0) is 27.4 Å². The maximum Gasteiger partial charge on any atom is 0.331 e. The second kappa shape index (κ2) is 13.0. The molecule has 1 aliphatic heterocycles. The van der Waals surface area contributed by atoms with Gasteiger partial charge in [0.15, 0.2) is 0 Å². The number of ether oxygens (including phenoxy) is 1. The largest absolute Gasteiger partial charge is 0.454 e. The summed E-state index contributed by atoms with van der Waals surface area (Å²) in [6, 6.07) is 5.71. The Labute approximate surface area is 307 Å². The third-order valence-corrected chi connectivity index (χ3v) is 16.0. The summed E-state index contributed by atoms with van der Waals surface area (Å²) >= 11 is 0. The van der Waals surface area contributed by atoms with E-state index >= 15 is 0 Å². The zero-order chi connectivity index (χ0) is 36.7. The first-order valence-electron chi connectivity index (χ1n) is 20.1. The van der Waals surface area contributed by atoms with Crippen LogP contribution in [0.5, 0.6) is 0 Å². The lowest BCUT2D eigenvalue weighted by atomic mass is 9.38. The number of aldehydes is 1. The number of carbonyl (C=O) groups excluding carboxylic acids is 2. The van der Waals surface area contributed by atoms with Gasteiger partial charge in [-0.2, -0.15) is 0 Å². The predicted octanol–water partition coefficient (Wildman–Crippen LogP) is 3.88. The summed E-state index contributed by atoms with van der Waals surface area (Å²) in [6.07, 6.45) is 9.17. The van der Waals surface area contributed by atoms with E-state index in [4.69, 9.17) is 4.74 Å². The molecule has 1 aromatic rings. The molecule has 1 aromatic carbocycles.